The lowest BCUT2D eigenvalue weighted by Crippen LogP contribution is -2.46. The van der Waals surface area contributed by atoms with Gasteiger partial charge in [0.25, 0.3) is 0 Å². The molecule has 53 heavy (non-hydrogen) atoms. The Balaban J connectivity index is 4.84. The number of ether oxygens (including phenoxy) is 1. The van der Waals surface area contributed by atoms with Crippen LogP contribution in [0.3, 0.4) is 0 Å². The molecule has 0 fully saturated rings. The van der Waals surface area contributed by atoms with E-state index in [1.54, 1.807) is 0 Å². The number of unbranched alkanes of at least 4 members (excludes halogenated alkanes) is 11. The number of aliphatic hydroxyl groups excluding tert-OH is 2. The standard InChI is InChI=1S/C47H77NO5/c1-4-7-10-13-16-19-21-23-25-28-31-34-37-40-47(52)53-43(38-35-32-29-27-24-22-20-17-14-11-8-5-2)41-46(51)48-44(42-49)45(50)39-36-33-30-26-18-15-12-9-6-3/h7-8,10-11,13,16-17,19-21,23-25,27-28,31,43-45,49-50H,4-6,9,12,14-15,18,22,26,29-30,32-42H2,1-3H3,(H,48,51)/b10-7+,11-8+,16-13+,20-17+,21-19-,25-23-,27-24+,31-28+. The maximum atomic E-state index is 13.1. The number of aliphatic hydroxyl groups is 2. The van der Waals surface area contributed by atoms with E-state index in [0.717, 1.165) is 70.6 Å². The Morgan fingerprint density at radius 1 is 0.585 bits per heavy atom. The van der Waals surface area contributed by atoms with Crippen LogP contribution < -0.4 is 5.32 Å². The fourth-order valence-corrected chi connectivity index (χ4v) is 5.65. The van der Waals surface area contributed by atoms with Crippen molar-refractivity contribution in [3.05, 3.63) is 97.2 Å². The number of carbonyl (C=O) groups is 2. The van der Waals surface area contributed by atoms with Gasteiger partial charge in [-0.3, -0.25) is 9.59 Å². The van der Waals surface area contributed by atoms with Crippen LogP contribution in [-0.4, -0.2) is 46.9 Å². The zero-order valence-corrected chi connectivity index (χ0v) is 33.9. The van der Waals surface area contributed by atoms with Crippen LogP contribution in [0.1, 0.15) is 162 Å². The SMILES string of the molecule is CC/C=C/C=C/C=C\C=C/C=C/CCCC(=O)OC(CCCC/C=C/C/C=C/C/C=C/CC)CC(=O)NC(CO)C(O)CCCCCCCCCCC. The van der Waals surface area contributed by atoms with Gasteiger partial charge < -0.3 is 20.3 Å². The van der Waals surface area contributed by atoms with Crippen LogP contribution in [-0.2, 0) is 14.3 Å². The quantitative estimate of drug-likeness (QED) is 0.0261. The molecule has 0 saturated carbocycles. The van der Waals surface area contributed by atoms with Crippen molar-refractivity contribution in [2.24, 2.45) is 0 Å². The minimum absolute atomic E-state index is 0.0163. The molecule has 300 valence electrons. The van der Waals surface area contributed by atoms with Gasteiger partial charge in [-0.05, 0) is 70.6 Å². The molecule has 0 heterocycles. The van der Waals surface area contributed by atoms with Gasteiger partial charge >= 0.3 is 5.97 Å². The van der Waals surface area contributed by atoms with Crippen molar-refractivity contribution in [2.75, 3.05) is 6.61 Å². The highest BCUT2D eigenvalue weighted by Crippen LogP contribution is 2.15. The van der Waals surface area contributed by atoms with Gasteiger partial charge in [-0.2, -0.15) is 0 Å². The van der Waals surface area contributed by atoms with Crippen molar-refractivity contribution < 1.29 is 24.5 Å². The minimum atomic E-state index is -0.812. The number of esters is 1. The topological polar surface area (TPSA) is 95.9 Å². The van der Waals surface area contributed by atoms with Crippen molar-refractivity contribution in [3.63, 3.8) is 0 Å². The van der Waals surface area contributed by atoms with Crippen molar-refractivity contribution in [1.29, 1.82) is 0 Å². The molecule has 0 rings (SSSR count). The zero-order chi connectivity index (χ0) is 38.9. The second-order valence-corrected chi connectivity index (χ2v) is 13.7. The highest BCUT2D eigenvalue weighted by Gasteiger charge is 2.23. The maximum Gasteiger partial charge on any atom is 0.306 e. The molecule has 0 aromatic carbocycles. The van der Waals surface area contributed by atoms with E-state index < -0.39 is 18.2 Å². The van der Waals surface area contributed by atoms with Crippen LogP contribution >= 0.6 is 0 Å². The molecule has 0 radical (unpaired) electrons. The number of rotatable bonds is 35. The molecule has 6 nitrogen and oxygen atoms in total. The van der Waals surface area contributed by atoms with E-state index in [2.05, 4.69) is 68.6 Å². The van der Waals surface area contributed by atoms with Crippen LogP contribution in [0.2, 0.25) is 0 Å². The van der Waals surface area contributed by atoms with Crippen molar-refractivity contribution in [3.8, 4) is 0 Å². The van der Waals surface area contributed by atoms with Crippen LogP contribution in [0.15, 0.2) is 97.2 Å². The van der Waals surface area contributed by atoms with E-state index in [9.17, 15) is 19.8 Å². The monoisotopic (exact) mass is 736 g/mol. The van der Waals surface area contributed by atoms with E-state index in [4.69, 9.17) is 4.74 Å². The predicted molar refractivity (Wildman–Crippen MR) is 227 cm³/mol. The number of carbonyl (C=O) groups excluding carboxylic acids is 2. The van der Waals surface area contributed by atoms with Gasteiger partial charge in [-0.15, -0.1) is 0 Å². The lowest BCUT2D eigenvalue weighted by Gasteiger charge is -2.24. The highest BCUT2D eigenvalue weighted by molar-refractivity contribution is 5.77. The second-order valence-electron chi connectivity index (χ2n) is 13.7. The molecule has 0 aromatic heterocycles. The summed E-state index contributed by atoms with van der Waals surface area (Å²) in [5, 5.41) is 23.5. The first-order valence-corrected chi connectivity index (χ1v) is 21.0. The summed E-state index contributed by atoms with van der Waals surface area (Å²) >= 11 is 0. The largest absolute Gasteiger partial charge is 0.462 e. The normalized spacial score (nSPS) is 14.4. The number of amides is 1. The smallest absolute Gasteiger partial charge is 0.306 e. The lowest BCUT2D eigenvalue weighted by molar-refractivity contribution is -0.151. The molecule has 0 bridgehead atoms. The predicted octanol–water partition coefficient (Wildman–Crippen LogP) is 11.8. The molecular formula is C47H77NO5. The third-order valence-corrected chi connectivity index (χ3v) is 8.79. The average Bonchev–Trinajstić information content (AvgIpc) is 3.15. The van der Waals surface area contributed by atoms with Gasteiger partial charge in [0.05, 0.1) is 25.2 Å². The van der Waals surface area contributed by atoms with E-state index in [1.807, 2.05) is 54.7 Å². The Hall–Kier alpha value is -3.22. The summed E-state index contributed by atoms with van der Waals surface area (Å²) < 4.78 is 5.82. The number of hydrogen-bond donors (Lipinski definition) is 3. The van der Waals surface area contributed by atoms with Crippen LogP contribution in [0.5, 0.6) is 0 Å². The summed E-state index contributed by atoms with van der Waals surface area (Å²) in [6, 6.07) is -0.731. The van der Waals surface area contributed by atoms with Gasteiger partial charge in [0, 0.05) is 6.42 Å². The summed E-state index contributed by atoms with van der Waals surface area (Å²) in [5.41, 5.74) is 0. The Bertz CT molecular complexity index is 1100. The van der Waals surface area contributed by atoms with Gasteiger partial charge in [0.1, 0.15) is 6.10 Å². The first-order valence-electron chi connectivity index (χ1n) is 21.0. The summed E-state index contributed by atoms with van der Waals surface area (Å²) in [6.07, 6.45) is 51.9. The van der Waals surface area contributed by atoms with Crippen molar-refractivity contribution in [2.45, 2.75) is 180 Å². The first kappa shape index (κ1) is 49.8. The Morgan fingerprint density at radius 3 is 1.74 bits per heavy atom. The third-order valence-electron chi connectivity index (χ3n) is 8.79. The molecule has 1 amide bonds. The summed E-state index contributed by atoms with van der Waals surface area (Å²) in [5.74, 6) is -0.617. The van der Waals surface area contributed by atoms with Gasteiger partial charge in [-0.1, -0.05) is 176 Å². The summed E-state index contributed by atoms with van der Waals surface area (Å²) in [4.78, 5) is 25.8. The molecule has 0 spiro atoms. The fourth-order valence-electron chi connectivity index (χ4n) is 5.65. The third kappa shape index (κ3) is 35.6. The van der Waals surface area contributed by atoms with Gasteiger partial charge in [0.15, 0.2) is 0 Å². The molecule has 3 N–H and O–H groups in total. The fraction of sp³-hybridized carbons (Fsp3) is 0.617. The lowest BCUT2D eigenvalue weighted by atomic mass is 10.0. The molecule has 3 atom stereocenters. The molecule has 3 unspecified atom stereocenters. The minimum Gasteiger partial charge on any atom is -0.462 e. The molecule has 0 saturated heterocycles. The summed E-state index contributed by atoms with van der Waals surface area (Å²) in [7, 11) is 0. The average molecular weight is 736 g/mol. The number of hydrogen-bond acceptors (Lipinski definition) is 5. The zero-order valence-electron chi connectivity index (χ0n) is 33.9. The number of allylic oxidation sites excluding steroid dienone is 16. The van der Waals surface area contributed by atoms with Crippen molar-refractivity contribution in [1.82, 2.24) is 5.32 Å². The van der Waals surface area contributed by atoms with E-state index in [1.165, 1.54) is 38.5 Å². The van der Waals surface area contributed by atoms with Crippen LogP contribution in [0, 0.1) is 0 Å². The molecule has 0 aromatic rings. The molecule has 0 aliphatic carbocycles. The van der Waals surface area contributed by atoms with Crippen LogP contribution in [0.4, 0.5) is 0 Å². The van der Waals surface area contributed by atoms with Gasteiger partial charge in [0.2, 0.25) is 5.91 Å². The second kappa shape index (κ2) is 40.0. The number of nitrogens with one attached hydrogen (secondary N) is 1. The van der Waals surface area contributed by atoms with E-state index in [0.29, 0.717) is 19.3 Å². The molecule has 6 heteroatoms. The van der Waals surface area contributed by atoms with Crippen LogP contribution in [0.25, 0.3) is 0 Å². The Labute approximate surface area is 325 Å². The van der Waals surface area contributed by atoms with Gasteiger partial charge in [-0.25, -0.2) is 0 Å². The first-order chi connectivity index (χ1) is 26.0. The molecular weight excluding hydrogens is 659 g/mol. The maximum absolute atomic E-state index is 13.1. The highest BCUT2D eigenvalue weighted by atomic mass is 16.5. The van der Waals surface area contributed by atoms with E-state index >= 15 is 0 Å². The Kier molecular flexibility index (Phi) is 37.5. The molecule has 0 aliphatic heterocycles. The Morgan fingerprint density at radius 2 is 1.11 bits per heavy atom. The molecule has 0 aliphatic rings. The summed E-state index contributed by atoms with van der Waals surface area (Å²) in [6.45, 7) is 6.13. The van der Waals surface area contributed by atoms with Crippen molar-refractivity contribution >= 4 is 11.9 Å². The van der Waals surface area contributed by atoms with E-state index in [-0.39, 0.29) is 31.3 Å².